The van der Waals surface area contributed by atoms with Crippen molar-refractivity contribution in [2.24, 2.45) is 5.92 Å². The van der Waals surface area contributed by atoms with Crippen LogP contribution in [0.25, 0.3) is 0 Å². The molecule has 6 heteroatoms. The molecule has 0 saturated heterocycles. The van der Waals surface area contributed by atoms with Crippen molar-refractivity contribution in [3.63, 3.8) is 0 Å². The molecule has 0 saturated carbocycles. The first-order valence-corrected chi connectivity index (χ1v) is 7.65. The molecule has 1 amide bonds. The zero-order chi connectivity index (χ0) is 17.0. The van der Waals surface area contributed by atoms with Crippen LogP contribution in [-0.2, 0) is 4.84 Å². The van der Waals surface area contributed by atoms with Gasteiger partial charge < -0.3 is 10.2 Å². The summed E-state index contributed by atoms with van der Waals surface area (Å²) in [6, 6.07) is 5.63. The summed E-state index contributed by atoms with van der Waals surface area (Å²) >= 11 is 0. The van der Waals surface area contributed by atoms with E-state index in [4.69, 9.17) is 10.1 Å². The topological polar surface area (TPSA) is 78.2 Å². The highest BCUT2D eigenvalue weighted by Crippen LogP contribution is 2.26. The van der Waals surface area contributed by atoms with Crippen LogP contribution in [0.15, 0.2) is 30.7 Å². The Balaban J connectivity index is 2.17. The first-order chi connectivity index (χ1) is 10.8. The summed E-state index contributed by atoms with van der Waals surface area (Å²) in [7, 11) is 0. The highest BCUT2D eigenvalue weighted by atomic mass is 16.7. The third-order valence-electron chi connectivity index (χ3n) is 3.43. The van der Waals surface area contributed by atoms with E-state index in [9.17, 15) is 4.79 Å². The van der Waals surface area contributed by atoms with Crippen LogP contribution in [0.3, 0.4) is 0 Å². The van der Waals surface area contributed by atoms with Crippen LogP contribution in [0.2, 0.25) is 0 Å². The van der Waals surface area contributed by atoms with Crippen LogP contribution in [0.4, 0.5) is 5.69 Å². The number of anilines is 1. The van der Waals surface area contributed by atoms with Gasteiger partial charge in [0.1, 0.15) is 17.5 Å². The standard InChI is InChI=1S/C17H22N4O2/c1-12(2)9-14-6-8-23-21(14)13-5-7-19-15(10-13)16(22)20-17(3,4)11-18/h5-8,10,12,14H,9H2,1-4H3,(H,20,22). The van der Waals surface area contributed by atoms with Gasteiger partial charge in [-0.1, -0.05) is 13.8 Å². The minimum atomic E-state index is -0.944. The van der Waals surface area contributed by atoms with Crippen LogP contribution in [0.1, 0.15) is 44.6 Å². The number of carbonyl (C=O) groups is 1. The summed E-state index contributed by atoms with van der Waals surface area (Å²) in [5.41, 5.74) is 0.0703. The second kappa shape index (κ2) is 6.69. The second-order valence-electron chi connectivity index (χ2n) is 6.55. The number of hydrogen-bond donors (Lipinski definition) is 1. The maximum Gasteiger partial charge on any atom is 0.271 e. The Bertz CT molecular complexity index is 646. The molecular weight excluding hydrogens is 292 g/mol. The summed E-state index contributed by atoms with van der Waals surface area (Å²) in [6.45, 7) is 7.58. The summed E-state index contributed by atoms with van der Waals surface area (Å²) in [5.74, 6) is 0.140. The molecule has 1 aliphatic heterocycles. The van der Waals surface area contributed by atoms with E-state index >= 15 is 0 Å². The van der Waals surface area contributed by atoms with Crippen LogP contribution in [-0.4, -0.2) is 22.5 Å². The molecule has 1 atom stereocenters. The van der Waals surface area contributed by atoms with Crippen LogP contribution in [0.5, 0.6) is 0 Å². The number of rotatable bonds is 5. The van der Waals surface area contributed by atoms with Crippen molar-refractivity contribution >= 4 is 11.6 Å². The van der Waals surface area contributed by atoms with Gasteiger partial charge in [-0.3, -0.25) is 9.78 Å². The molecule has 1 aromatic heterocycles. The van der Waals surface area contributed by atoms with Gasteiger partial charge in [0.15, 0.2) is 0 Å². The lowest BCUT2D eigenvalue weighted by molar-refractivity contribution is 0.0924. The van der Waals surface area contributed by atoms with Crippen LogP contribution < -0.4 is 10.4 Å². The van der Waals surface area contributed by atoms with E-state index in [1.807, 2.05) is 12.1 Å². The molecule has 6 nitrogen and oxygen atoms in total. The predicted molar refractivity (Wildman–Crippen MR) is 87.3 cm³/mol. The lowest BCUT2D eigenvalue weighted by atomic mass is 10.0. The molecule has 1 unspecified atom stereocenters. The monoisotopic (exact) mass is 314 g/mol. The fourth-order valence-electron chi connectivity index (χ4n) is 2.31. The Morgan fingerprint density at radius 1 is 1.57 bits per heavy atom. The second-order valence-corrected chi connectivity index (χ2v) is 6.55. The van der Waals surface area contributed by atoms with Gasteiger partial charge in [0, 0.05) is 6.20 Å². The maximum absolute atomic E-state index is 12.2. The Labute approximate surface area is 136 Å². The van der Waals surface area contributed by atoms with Gasteiger partial charge >= 0.3 is 0 Å². The molecule has 0 aliphatic carbocycles. The van der Waals surface area contributed by atoms with Crippen molar-refractivity contribution < 1.29 is 9.63 Å². The maximum atomic E-state index is 12.2. The average Bonchev–Trinajstić information content (AvgIpc) is 2.94. The fourth-order valence-corrected chi connectivity index (χ4v) is 2.31. The molecule has 0 fully saturated rings. The van der Waals surface area contributed by atoms with Gasteiger partial charge in [0.25, 0.3) is 5.91 Å². The highest BCUT2D eigenvalue weighted by Gasteiger charge is 2.25. The number of amides is 1. The van der Waals surface area contributed by atoms with Gasteiger partial charge in [-0.25, -0.2) is 5.06 Å². The fraction of sp³-hybridized carbons (Fsp3) is 0.471. The SMILES string of the molecule is CC(C)CC1C=CON1c1ccnc(C(=O)NC(C)(C)C#N)c1. The van der Waals surface area contributed by atoms with Crippen molar-refractivity contribution in [1.29, 1.82) is 5.26 Å². The Morgan fingerprint density at radius 3 is 2.96 bits per heavy atom. The van der Waals surface area contributed by atoms with Crippen molar-refractivity contribution in [2.45, 2.75) is 45.7 Å². The summed E-state index contributed by atoms with van der Waals surface area (Å²) in [6.07, 6.45) is 6.17. The van der Waals surface area contributed by atoms with E-state index < -0.39 is 5.54 Å². The molecule has 0 bridgehead atoms. The summed E-state index contributed by atoms with van der Waals surface area (Å²) in [5, 5.41) is 13.4. The van der Waals surface area contributed by atoms with Gasteiger partial charge in [-0.2, -0.15) is 5.26 Å². The third-order valence-corrected chi connectivity index (χ3v) is 3.43. The van der Waals surface area contributed by atoms with Gasteiger partial charge in [-0.15, -0.1) is 0 Å². The third kappa shape index (κ3) is 4.22. The van der Waals surface area contributed by atoms with E-state index in [2.05, 4.69) is 24.1 Å². The van der Waals surface area contributed by atoms with Crippen molar-refractivity contribution in [2.75, 3.05) is 5.06 Å². The number of pyridine rings is 1. The Hall–Kier alpha value is -2.55. The van der Waals surface area contributed by atoms with Crippen LogP contribution in [0, 0.1) is 17.2 Å². The van der Waals surface area contributed by atoms with E-state index in [0.29, 0.717) is 5.92 Å². The number of nitriles is 1. The number of carbonyl (C=O) groups excluding carboxylic acids is 1. The summed E-state index contributed by atoms with van der Waals surface area (Å²) in [4.78, 5) is 21.9. The summed E-state index contributed by atoms with van der Waals surface area (Å²) < 4.78 is 0. The quantitative estimate of drug-likeness (QED) is 0.904. The van der Waals surface area contributed by atoms with Crippen LogP contribution >= 0.6 is 0 Å². The molecule has 0 aromatic carbocycles. The number of nitrogens with zero attached hydrogens (tertiary/aromatic N) is 3. The number of hydrogen-bond acceptors (Lipinski definition) is 5. The zero-order valence-electron chi connectivity index (χ0n) is 13.9. The number of nitrogens with one attached hydrogen (secondary N) is 1. The molecule has 1 N–H and O–H groups in total. The van der Waals surface area contributed by atoms with Crippen molar-refractivity contribution in [3.8, 4) is 6.07 Å². The molecule has 1 aliphatic rings. The molecule has 2 heterocycles. The normalized spacial score (nSPS) is 17.0. The zero-order valence-corrected chi connectivity index (χ0v) is 13.9. The molecule has 0 spiro atoms. The molecule has 23 heavy (non-hydrogen) atoms. The lowest BCUT2D eigenvalue weighted by Crippen LogP contribution is -2.42. The van der Waals surface area contributed by atoms with Gasteiger partial charge in [-0.05, 0) is 44.4 Å². The first kappa shape index (κ1) is 16.8. The van der Waals surface area contributed by atoms with Gasteiger partial charge in [0.2, 0.25) is 0 Å². The van der Waals surface area contributed by atoms with E-state index in [0.717, 1.165) is 12.1 Å². The molecule has 2 rings (SSSR count). The minimum Gasteiger partial charge on any atom is -0.387 e. The van der Waals surface area contributed by atoms with Crippen molar-refractivity contribution in [1.82, 2.24) is 10.3 Å². The Kier molecular flexibility index (Phi) is 4.89. The molecule has 0 radical (unpaired) electrons. The van der Waals surface area contributed by atoms with Gasteiger partial charge in [0.05, 0.1) is 17.8 Å². The average molecular weight is 314 g/mol. The van der Waals surface area contributed by atoms with E-state index in [1.165, 1.54) is 0 Å². The Morgan fingerprint density at radius 2 is 2.30 bits per heavy atom. The molecule has 1 aromatic rings. The predicted octanol–water partition coefficient (Wildman–Crippen LogP) is 2.79. The molecule has 122 valence electrons. The highest BCUT2D eigenvalue weighted by molar-refractivity contribution is 5.93. The number of hydroxylamine groups is 1. The minimum absolute atomic E-state index is 0.129. The largest absolute Gasteiger partial charge is 0.387 e. The lowest BCUT2D eigenvalue weighted by Gasteiger charge is -2.26. The first-order valence-electron chi connectivity index (χ1n) is 7.65. The van der Waals surface area contributed by atoms with E-state index in [1.54, 1.807) is 43.5 Å². The smallest absolute Gasteiger partial charge is 0.271 e. The van der Waals surface area contributed by atoms with Crippen molar-refractivity contribution in [3.05, 3.63) is 36.4 Å². The number of aromatic nitrogens is 1. The van der Waals surface area contributed by atoms with E-state index in [-0.39, 0.29) is 17.6 Å². The molecular formula is C17H22N4O2.